The summed E-state index contributed by atoms with van der Waals surface area (Å²) in [5, 5.41) is 12.1. The average Bonchev–Trinajstić information content (AvgIpc) is 3.59. The van der Waals surface area contributed by atoms with E-state index in [4.69, 9.17) is 10.5 Å². The molecule has 9 nitrogen and oxygen atoms in total. The van der Waals surface area contributed by atoms with Gasteiger partial charge in [-0.2, -0.15) is 4.98 Å². The molecular weight excluding hydrogens is 452 g/mol. The molecule has 3 aromatic heterocycles. The maximum absolute atomic E-state index is 13.0. The molecule has 4 N–H and O–H groups in total. The van der Waals surface area contributed by atoms with E-state index in [1.54, 1.807) is 12.3 Å². The first-order valence-corrected chi connectivity index (χ1v) is 11.8. The van der Waals surface area contributed by atoms with Gasteiger partial charge in [-0.3, -0.25) is 9.59 Å². The van der Waals surface area contributed by atoms with Crippen molar-refractivity contribution in [3.8, 4) is 11.1 Å². The first-order chi connectivity index (χ1) is 16.5. The van der Waals surface area contributed by atoms with Crippen molar-refractivity contribution in [1.29, 1.82) is 0 Å². The van der Waals surface area contributed by atoms with Gasteiger partial charge in [-0.15, -0.1) is 16.4 Å². The Morgan fingerprint density at radius 3 is 2.79 bits per heavy atom. The highest BCUT2D eigenvalue weighted by Gasteiger charge is 2.22. The van der Waals surface area contributed by atoms with E-state index < -0.39 is 0 Å². The first-order valence-electron chi connectivity index (χ1n) is 11.0. The van der Waals surface area contributed by atoms with Gasteiger partial charge in [0.05, 0.1) is 29.1 Å². The normalized spacial score (nSPS) is 16.4. The quantitative estimate of drug-likeness (QED) is 0.393. The molecule has 1 fully saturated rings. The number of pyridine rings is 1. The summed E-state index contributed by atoms with van der Waals surface area (Å²) in [7, 11) is 0. The SMILES string of the molecule is C[C@H](NC(=O)c1cc(-c2cc(C(=O)N[C@H]3CCOC3)c3nc(N)nn3c2)cs1)c1ccccc1. The van der Waals surface area contributed by atoms with Gasteiger partial charge in [-0.25, -0.2) is 4.52 Å². The summed E-state index contributed by atoms with van der Waals surface area (Å²) in [5.74, 6) is -0.340. The van der Waals surface area contributed by atoms with Crippen LogP contribution in [-0.4, -0.2) is 45.7 Å². The molecule has 4 aromatic rings. The largest absolute Gasteiger partial charge is 0.379 e. The highest BCUT2D eigenvalue weighted by Crippen LogP contribution is 2.28. The predicted molar refractivity (Wildman–Crippen MR) is 130 cm³/mol. The summed E-state index contributed by atoms with van der Waals surface area (Å²) in [5.41, 5.74) is 9.11. The van der Waals surface area contributed by atoms with Crippen molar-refractivity contribution in [3.05, 3.63) is 70.0 Å². The Morgan fingerprint density at radius 1 is 1.21 bits per heavy atom. The second-order valence-corrected chi connectivity index (χ2v) is 9.13. The maximum atomic E-state index is 13.0. The fraction of sp³-hybridized carbons (Fsp3) is 0.250. The minimum absolute atomic E-state index is 0.0421. The fourth-order valence-corrected chi connectivity index (χ4v) is 4.76. The van der Waals surface area contributed by atoms with E-state index in [9.17, 15) is 9.59 Å². The van der Waals surface area contributed by atoms with E-state index in [1.165, 1.54) is 15.9 Å². The molecule has 1 aliphatic rings. The molecule has 0 bridgehead atoms. The monoisotopic (exact) mass is 476 g/mol. The van der Waals surface area contributed by atoms with E-state index in [0.29, 0.717) is 29.3 Å². The van der Waals surface area contributed by atoms with Gasteiger partial charge in [0.2, 0.25) is 5.95 Å². The van der Waals surface area contributed by atoms with Crippen molar-refractivity contribution in [2.24, 2.45) is 0 Å². The summed E-state index contributed by atoms with van der Waals surface area (Å²) in [6.07, 6.45) is 2.52. The number of hydrogen-bond acceptors (Lipinski definition) is 7. The molecular formula is C24H24N6O3S. The summed E-state index contributed by atoms with van der Waals surface area (Å²) < 4.78 is 6.85. The molecule has 2 amide bonds. The van der Waals surface area contributed by atoms with E-state index >= 15 is 0 Å². The van der Waals surface area contributed by atoms with Crippen LogP contribution in [0.1, 0.15) is 45.0 Å². The van der Waals surface area contributed by atoms with E-state index in [2.05, 4.69) is 20.7 Å². The molecule has 4 heterocycles. The van der Waals surface area contributed by atoms with Gasteiger partial charge in [0, 0.05) is 18.4 Å². The topological polar surface area (TPSA) is 124 Å². The van der Waals surface area contributed by atoms with Gasteiger partial charge in [0.1, 0.15) is 0 Å². The van der Waals surface area contributed by atoms with E-state index in [-0.39, 0.29) is 29.8 Å². The van der Waals surface area contributed by atoms with Gasteiger partial charge in [0.15, 0.2) is 5.65 Å². The highest BCUT2D eigenvalue weighted by molar-refractivity contribution is 7.12. The van der Waals surface area contributed by atoms with Crippen LogP contribution in [0.25, 0.3) is 16.8 Å². The minimum Gasteiger partial charge on any atom is -0.379 e. The zero-order chi connectivity index (χ0) is 23.7. The van der Waals surface area contributed by atoms with Crippen LogP contribution in [0.4, 0.5) is 5.95 Å². The number of fused-ring (bicyclic) bond motifs is 1. The predicted octanol–water partition coefficient (Wildman–Crippen LogP) is 3.05. The van der Waals surface area contributed by atoms with Crippen LogP contribution >= 0.6 is 11.3 Å². The fourth-order valence-electron chi connectivity index (χ4n) is 3.94. The van der Waals surface area contributed by atoms with Crippen molar-refractivity contribution < 1.29 is 14.3 Å². The average molecular weight is 477 g/mol. The van der Waals surface area contributed by atoms with E-state index in [1.807, 2.05) is 48.7 Å². The number of aromatic nitrogens is 3. The molecule has 0 aliphatic carbocycles. The Labute approximate surface area is 200 Å². The third-order valence-electron chi connectivity index (χ3n) is 5.76. The minimum atomic E-state index is -0.264. The Morgan fingerprint density at radius 2 is 2.03 bits per heavy atom. The molecule has 0 spiro atoms. The Kier molecular flexibility index (Phi) is 5.99. The zero-order valence-corrected chi connectivity index (χ0v) is 19.3. The lowest BCUT2D eigenvalue weighted by atomic mass is 10.1. The molecule has 34 heavy (non-hydrogen) atoms. The molecule has 1 saturated heterocycles. The molecule has 5 rings (SSSR count). The smallest absolute Gasteiger partial charge is 0.261 e. The molecule has 1 aliphatic heterocycles. The van der Waals surface area contributed by atoms with Crippen LogP contribution in [0, 0.1) is 0 Å². The second kappa shape index (κ2) is 9.24. The second-order valence-electron chi connectivity index (χ2n) is 8.22. The Bertz CT molecular complexity index is 1340. The number of carbonyl (C=O) groups is 2. The van der Waals surface area contributed by atoms with Gasteiger partial charge < -0.3 is 21.1 Å². The van der Waals surface area contributed by atoms with Gasteiger partial charge in [-0.05, 0) is 42.0 Å². The molecule has 1 aromatic carbocycles. The lowest BCUT2D eigenvalue weighted by Crippen LogP contribution is -2.35. The lowest BCUT2D eigenvalue weighted by Gasteiger charge is -2.13. The number of nitrogens with zero attached hydrogens (tertiary/aromatic N) is 3. The van der Waals surface area contributed by atoms with Crippen LogP contribution in [0.15, 0.2) is 54.0 Å². The van der Waals surface area contributed by atoms with Gasteiger partial charge >= 0.3 is 0 Å². The number of hydrogen-bond donors (Lipinski definition) is 3. The van der Waals surface area contributed by atoms with E-state index in [0.717, 1.165) is 23.1 Å². The number of nitrogens with two attached hydrogens (primary N) is 1. The number of nitrogens with one attached hydrogen (secondary N) is 2. The van der Waals surface area contributed by atoms with Crippen LogP contribution in [-0.2, 0) is 4.74 Å². The summed E-state index contributed by atoms with van der Waals surface area (Å²) in [6.45, 7) is 3.06. The highest BCUT2D eigenvalue weighted by atomic mass is 32.1. The van der Waals surface area contributed by atoms with Crippen molar-refractivity contribution >= 4 is 34.7 Å². The summed E-state index contributed by atoms with van der Waals surface area (Å²) in [4.78, 5) is 30.7. The number of benzene rings is 1. The number of anilines is 1. The molecule has 10 heteroatoms. The lowest BCUT2D eigenvalue weighted by molar-refractivity contribution is 0.0927. The van der Waals surface area contributed by atoms with Crippen LogP contribution < -0.4 is 16.4 Å². The number of amides is 2. The molecule has 0 saturated carbocycles. The summed E-state index contributed by atoms with van der Waals surface area (Å²) >= 11 is 1.34. The Hall–Kier alpha value is -3.76. The third-order valence-corrected chi connectivity index (χ3v) is 6.69. The molecule has 0 unspecified atom stereocenters. The van der Waals surface area contributed by atoms with Gasteiger partial charge in [-0.1, -0.05) is 30.3 Å². The molecule has 0 radical (unpaired) electrons. The number of thiophene rings is 1. The number of ether oxygens (including phenoxy) is 1. The van der Waals surface area contributed by atoms with Crippen LogP contribution in [0.3, 0.4) is 0 Å². The van der Waals surface area contributed by atoms with Crippen molar-refractivity contribution in [2.75, 3.05) is 18.9 Å². The maximum Gasteiger partial charge on any atom is 0.261 e. The first kappa shape index (κ1) is 22.1. The number of carbonyl (C=O) groups excluding carboxylic acids is 2. The van der Waals surface area contributed by atoms with Gasteiger partial charge in [0.25, 0.3) is 11.8 Å². The third kappa shape index (κ3) is 4.50. The molecule has 2 atom stereocenters. The van der Waals surface area contributed by atoms with Crippen molar-refractivity contribution in [1.82, 2.24) is 25.2 Å². The molecule has 174 valence electrons. The summed E-state index contributed by atoms with van der Waals surface area (Å²) in [6, 6.07) is 13.2. The van der Waals surface area contributed by atoms with Crippen LogP contribution in [0.5, 0.6) is 0 Å². The van der Waals surface area contributed by atoms with Crippen molar-refractivity contribution in [2.45, 2.75) is 25.4 Å². The number of rotatable bonds is 6. The number of nitrogen functional groups attached to an aromatic ring is 1. The van der Waals surface area contributed by atoms with Crippen molar-refractivity contribution in [3.63, 3.8) is 0 Å². The van der Waals surface area contributed by atoms with Crippen LogP contribution in [0.2, 0.25) is 0 Å². The standard InChI is InChI=1S/C24H24N6O3S/c1-14(15-5-3-2-4-6-15)26-23(32)20-10-17(13-34-20)16-9-19(21-28-24(25)29-30(21)11-16)22(31)27-18-7-8-33-12-18/h2-6,9-11,13-14,18H,7-8,12H2,1H3,(H2,25,29)(H,26,32)(H,27,31)/t14-,18-/m0/s1. The zero-order valence-electron chi connectivity index (χ0n) is 18.5. The Balaban J connectivity index is 1.41.